The fourth-order valence-corrected chi connectivity index (χ4v) is 3.57. The largest absolute Gasteiger partial charge is 0.490 e. The van der Waals surface area contributed by atoms with Crippen molar-refractivity contribution in [2.75, 3.05) is 13.2 Å². The van der Waals surface area contributed by atoms with E-state index in [0.29, 0.717) is 19.1 Å². The van der Waals surface area contributed by atoms with Gasteiger partial charge < -0.3 is 9.47 Å². The van der Waals surface area contributed by atoms with E-state index >= 15 is 0 Å². The summed E-state index contributed by atoms with van der Waals surface area (Å²) in [6, 6.07) is 2.95. The van der Waals surface area contributed by atoms with Crippen molar-refractivity contribution < 1.29 is 18.3 Å². The monoisotopic (exact) mass is 354 g/mol. The van der Waals surface area contributed by atoms with E-state index in [1.54, 1.807) is 0 Å². The summed E-state index contributed by atoms with van der Waals surface area (Å²) in [5.74, 6) is -0.636. The molecule has 1 aliphatic rings. The van der Waals surface area contributed by atoms with E-state index in [0.717, 1.165) is 38.0 Å². The Morgan fingerprint density at radius 3 is 2.04 bits per heavy atom. The first-order valence-corrected chi connectivity index (χ1v) is 9.89. The lowest BCUT2D eigenvalue weighted by Gasteiger charge is -2.28. The molecule has 0 unspecified atom stereocenters. The number of unbranched alkanes of at least 4 members (excludes halogenated alkanes) is 2. The number of hydrogen-bond acceptors (Lipinski definition) is 2. The van der Waals surface area contributed by atoms with Crippen molar-refractivity contribution in [3.05, 3.63) is 23.8 Å². The maximum Gasteiger partial charge on any atom is 0.204 e. The first kappa shape index (κ1) is 20.0. The molecule has 0 aromatic heterocycles. The summed E-state index contributed by atoms with van der Waals surface area (Å²) < 4.78 is 39.2. The summed E-state index contributed by atoms with van der Waals surface area (Å²) >= 11 is 0. The molecule has 1 fully saturated rings. The highest BCUT2D eigenvalue weighted by Gasteiger charge is 2.22. The normalized spacial score (nSPS) is 20.5. The van der Waals surface area contributed by atoms with Gasteiger partial charge in [-0.15, -0.1) is 0 Å². The summed E-state index contributed by atoms with van der Waals surface area (Å²) in [4.78, 5) is 0. The molecule has 0 bridgehead atoms. The van der Waals surface area contributed by atoms with Crippen LogP contribution >= 0.6 is 0 Å². The Morgan fingerprint density at radius 2 is 1.44 bits per heavy atom. The van der Waals surface area contributed by atoms with E-state index in [-0.39, 0.29) is 11.5 Å². The fourth-order valence-electron chi connectivity index (χ4n) is 3.57. The number of benzene rings is 1. The zero-order chi connectivity index (χ0) is 18.1. The predicted octanol–water partition coefficient (Wildman–Crippen LogP) is 6.52. The quantitative estimate of drug-likeness (QED) is 0.445. The highest BCUT2D eigenvalue weighted by atomic mass is 19.2. The minimum Gasteiger partial charge on any atom is -0.490 e. The van der Waals surface area contributed by atoms with Gasteiger partial charge in [0.25, 0.3) is 0 Å². The van der Waals surface area contributed by atoms with Crippen LogP contribution in [0.25, 0.3) is 0 Å². The molecular formula is C21H32F2O2. The van der Waals surface area contributed by atoms with E-state index in [1.807, 2.05) is 0 Å². The highest BCUT2D eigenvalue weighted by Crippen LogP contribution is 2.33. The molecule has 0 saturated heterocycles. The number of halogens is 2. The van der Waals surface area contributed by atoms with Crippen LogP contribution in [0.5, 0.6) is 11.5 Å². The van der Waals surface area contributed by atoms with Crippen LogP contribution < -0.4 is 9.47 Å². The summed E-state index contributed by atoms with van der Waals surface area (Å²) in [6.07, 6.45) is 10.2. The molecule has 1 aliphatic carbocycles. The van der Waals surface area contributed by atoms with Crippen molar-refractivity contribution in [1.82, 2.24) is 0 Å². The zero-order valence-electron chi connectivity index (χ0n) is 15.7. The molecule has 1 saturated carbocycles. The molecule has 0 radical (unpaired) electrons. The van der Waals surface area contributed by atoms with E-state index in [1.165, 1.54) is 37.8 Å². The summed E-state index contributed by atoms with van der Waals surface area (Å²) in [5.41, 5.74) is 0. The third-order valence-corrected chi connectivity index (χ3v) is 5.15. The van der Waals surface area contributed by atoms with Crippen molar-refractivity contribution in [3.63, 3.8) is 0 Å². The Hall–Kier alpha value is -1.32. The van der Waals surface area contributed by atoms with E-state index in [2.05, 4.69) is 13.8 Å². The van der Waals surface area contributed by atoms with Gasteiger partial charge in [-0.2, -0.15) is 8.78 Å². The summed E-state index contributed by atoms with van der Waals surface area (Å²) in [7, 11) is 0. The van der Waals surface area contributed by atoms with Gasteiger partial charge in [0.2, 0.25) is 11.6 Å². The molecular weight excluding hydrogens is 322 g/mol. The van der Waals surface area contributed by atoms with Gasteiger partial charge in [0, 0.05) is 0 Å². The minimum atomic E-state index is -0.944. The van der Waals surface area contributed by atoms with Crippen molar-refractivity contribution in [2.45, 2.75) is 71.6 Å². The molecule has 0 atom stereocenters. The Labute approximate surface area is 150 Å². The van der Waals surface area contributed by atoms with Gasteiger partial charge in [-0.25, -0.2) is 0 Å². The van der Waals surface area contributed by atoms with Gasteiger partial charge in [-0.05, 0) is 43.2 Å². The van der Waals surface area contributed by atoms with Gasteiger partial charge >= 0.3 is 0 Å². The summed E-state index contributed by atoms with van der Waals surface area (Å²) in [5, 5.41) is 0. The standard InChI is InChI=1S/C21H32F2O2/c1-3-5-6-14-24-18-12-13-19(21(23)20(18)22)25-15-17-10-8-16(7-4-2)9-11-17/h12-13,16-17H,3-11,14-15H2,1-2H3/t16-,17-. The van der Waals surface area contributed by atoms with Crippen molar-refractivity contribution in [2.24, 2.45) is 11.8 Å². The molecule has 0 spiro atoms. The maximum absolute atomic E-state index is 14.2. The second kappa shape index (κ2) is 10.6. The van der Waals surface area contributed by atoms with E-state index in [4.69, 9.17) is 9.47 Å². The zero-order valence-corrected chi connectivity index (χ0v) is 15.7. The molecule has 2 nitrogen and oxygen atoms in total. The highest BCUT2D eigenvalue weighted by molar-refractivity contribution is 5.35. The van der Waals surface area contributed by atoms with Gasteiger partial charge in [0.1, 0.15) is 0 Å². The molecule has 0 amide bonds. The van der Waals surface area contributed by atoms with Gasteiger partial charge in [-0.3, -0.25) is 0 Å². The SMILES string of the molecule is CCCCCOc1ccc(OC[C@H]2CC[C@H](CCC)CC2)c(F)c1F. The van der Waals surface area contributed by atoms with Gasteiger partial charge in [-0.1, -0.05) is 52.4 Å². The van der Waals surface area contributed by atoms with Gasteiger partial charge in [0.05, 0.1) is 13.2 Å². The molecule has 0 N–H and O–H groups in total. The summed E-state index contributed by atoms with van der Waals surface area (Å²) in [6.45, 7) is 5.18. The average molecular weight is 354 g/mol. The van der Waals surface area contributed by atoms with Gasteiger partial charge in [0.15, 0.2) is 11.5 Å². The Morgan fingerprint density at radius 1 is 0.840 bits per heavy atom. The molecule has 2 rings (SSSR count). The van der Waals surface area contributed by atoms with E-state index < -0.39 is 11.6 Å². The molecule has 0 heterocycles. The first-order valence-electron chi connectivity index (χ1n) is 9.89. The second-order valence-corrected chi connectivity index (χ2v) is 7.23. The molecule has 0 aliphatic heterocycles. The van der Waals surface area contributed by atoms with Crippen molar-refractivity contribution in [3.8, 4) is 11.5 Å². The second-order valence-electron chi connectivity index (χ2n) is 7.23. The van der Waals surface area contributed by atoms with Crippen LogP contribution in [0.2, 0.25) is 0 Å². The fraction of sp³-hybridized carbons (Fsp3) is 0.714. The maximum atomic E-state index is 14.2. The van der Waals surface area contributed by atoms with Crippen LogP contribution in [0.3, 0.4) is 0 Å². The average Bonchev–Trinajstić information content (AvgIpc) is 2.63. The van der Waals surface area contributed by atoms with Crippen LogP contribution in [-0.2, 0) is 0 Å². The van der Waals surface area contributed by atoms with Crippen LogP contribution in [0.15, 0.2) is 12.1 Å². The predicted molar refractivity (Wildman–Crippen MR) is 97.2 cm³/mol. The lowest BCUT2D eigenvalue weighted by molar-refractivity contribution is 0.172. The topological polar surface area (TPSA) is 18.5 Å². The van der Waals surface area contributed by atoms with Crippen LogP contribution in [0.4, 0.5) is 8.78 Å². The molecule has 4 heteroatoms. The molecule has 1 aromatic rings. The Balaban J connectivity index is 1.81. The van der Waals surface area contributed by atoms with Crippen molar-refractivity contribution in [1.29, 1.82) is 0 Å². The number of rotatable bonds is 10. The van der Waals surface area contributed by atoms with E-state index in [9.17, 15) is 8.78 Å². The third-order valence-electron chi connectivity index (χ3n) is 5.15. The van der Waals surface area contributed by atoms with Crippen molar-refractivity contribution >= 4 is 0 Å². The first-order chi connectivity index (χ1) is 12.2. The Kier molecular flexibility index (Phi) is 8.50. The third kappa shape index (κ3) is 6.16. The molecule has 25 heavy (non-hydrogen) atoms. The molecule has 1 aromatic carbocycles. The number of ether oxygens (including phenoxy) is 2. The minimum absolute atomic E-state index is 0.00547. The lowest BCUT2D eigenvalue weighted by atomic mass is 9.80. The van der Waals surface area contributed by atoms with Crippen LogP contribution in [0.1, 0.15) is 71.6 Å². The lowest BCUT2D eigenvalue weighted by Crippen LogP contribution is -2.20. The molecule has 142 valence electrons. The van der Waals surface area contributed by atoms with Crippen LogP contribution in [-0.4, -0.2) is 13.2 Å². The van der Waals surface area contributed by atoms with Crippen LogP contribution in [0, 0.1) is 23.5 Å². The Bertz CT molecular complexity index is 511. The smallest absolute Gasteiger partial charge is 0.204 e. The number of hydrogen-bond donors (Lipinski definition) is 0.